The van der Waals surface area contributed by atoms with Crippen LogP contribution in [-0.2, 0) is 20.9 Å². The number of allylic oxidation sites excluding steroid dienone is 1. The molecule has 0 saturated carbocycles. The number of amidine groups is 1. The van der Waals surface area contributed by atoms with Gasteiger partial charge < -0.3 is 4.74 Å². The van der Waals surface area contributed by atoms with Gasteiger partial charge in [0.1, 0.15) is 12.4 Å². The quantitative estimate of drug-likeness (QED) is 0.658. The smallest absolute Gasteiger partial charge is 0.338 e. The van der Waals surface area contributed by atoms with Crippen molar-refractivity contribution >= 4 is 28.8 Å². The lowest BCUT2D eigenvalue weighted by Gasteiger charge is -2.33. The first-order valence-electron chi connectivity index (χ1n) is 9.75. The van der Waals surface area contributed by atoms with E-state index in [0.29, 0.717) is 28.4 Å². The Bertz CT molecular complexity index is 1030. The average Bonchev–Trinajstić information content (AvgIpc) is 3.07. The molecular weight excluding hydrogens is 403 g/mol. The summed E-state index contributed by atoms with van der Waals surface area (Å²) in [5.74, 6) is -1.02. The maximum Gasteiger partial charge on any atom is 0.338 e. The third kappa shape index (κ3) is 3.77. The second kappa shape index (κ2) is 8.44. The van der Waals surface area contributed by atoms with Crippen LogP contribution in [0.4, 0.5) is 4.39 Å². The van der Waals surface area contributed by atoms with E-state index >= 15 is 0 Å². The minimum atomic E-state index is -0.696. The molecule has 2 heterocycles. The third-order valence-corrected chi connectivity index (χ3v) is 6.46. The number of hydrogen-bond acceptors (Lipinski definition) is 5. The molecule has 2 aliphatic heterocycles. The van der Waals surface area contributed by atoms with Crippen molar-refractivity contribution < 1.29 is 18.7 Å². The van der Waals surface area contributed by atoms with Gasteiger partial charge in [0.25, 0.3) is 0 Å². The monoisotopic (exact) mass is 424 g/mol. The van der Waals surface area contributed by atoms with Crippen LogP contribution in [0.3, 0.4) is 0 Å². The largest absolute Gasteiger partial charge is 0.457 e. The van der Waals surface area contributed by atoms with Crippen LogP contribution >= 0.6 is 11.8 Å². The van der Waals surface area contributed by atoms with Crippen molar-refractivity contribution in [3.05, 3.63) is 82.8 Å². The van der Waals surface area contributed by atoms with Crippen LogP contribution in [0.1, 0.15) is 37.4 Å². The molecule has 2 unspecified atom stereocenters. The lowest BCUT2D eigenvalue weighted by atomic mass is 9.94. The number of benzene rings is 2. The van der Waals surface area contributed by atoms with Gasteiger partial charge in [0.2, 0.25) is 5.91 Å². The molecule has 1 amide bonds. The Kier molecular flexibility index (Phi) is 5.72. The summed E-state index contributed by atoms with van der Waals surface area (Å²) in [6, 6.07) is 14.5. The molecule has 0 aromatic heterocycles. The minimum Gasteiger partial charge on any atom is -0.457 e. The Morgan fingerprint density at radius 3 is 2.53 bits per heavy atom. The van der Waals surface area contributed by atoms with Gasteiger partial charge in [0.05, 0.1) is 22.6 Å². The number of halogens is 1. The molecule has 0 spiro atoms. The predicted molar refractivity (Wildman–Crippen MR) is 114 cm³/mol. The van der Waals surface area contributed by atoms with E-state index in [1.54, 1.807) is 24.0 Å². The molecule has 154 valence electrons. The standard InChI is InChI=1S/C23H21FN2O3S/c1-3-18-21(27)26-20(16-9-11-17(24)12-10-16)19(14(2)25-23(26)30-18)22(28)29-13-15-7-5-4-6-8-15/h4-12,18,20H,3,13H2,1-2H3. The van der Waals surface area contributed by atoms with Gasteiger partial charge in [-0.2, -0.15) is 0 Å². The van der Waals surface area contributed by atoms with Crippen LogP contribution < -0.4 is 0 Å². The van der Waals surface area contributed by atoms with E-state index in [9.17, 15) is 14.0 Å². The van der Waals surface area contributed by atoms with E-state index in [-0.39, 0.29) is 23.6 Å². The third-order valence-electron chi connectivity index (χ3n) is 5.14. The highest BCUT2D eigenvalue weighted by molar-refractivity contribution is 8.15. The summed E-state index contributed by atoms with van der Waals surface area (Å²) < 4.78 is 19.1. The molecule has 2 aromatic rings. The number of esters is 1. The van der Waals surface area contributed by atoms with Crippen LogP contribution in [0, 0.1) is 5.82 Å². The lowest BCUT2D eigenvalue weighted by Crippen LogP contribution is -2.40. The Hall–Kier alpha value is -2.93. The van der Waals surface area contributed by atoms with Crippen molar-refractivity contribution in [3.8, 4) is 0 Å². The first-order valence-corrected chi connectivity index (χ1v) is 10.6. The number of thioether (sulfide) groups is 1. The first-order chi connectivity index (χ1) is 14.5. The number of hydrogen-bond donors (Lipinski definition) is 0. The highest BCUT2D eigenvalue weighted by Crippen LogP contribution is 2.44. The van der Waals surface area contributed by atoms with Gasteiger partial charge >= 0.3 is 5.97 Å². The van der Waals surface area contributed by atoms with Crippen molar-refractivity contribution in [2.45, 2.75) is 38.2 Å². The first kappa shape index (κ1) is 20.3. The molecule has 0 bridgehead atoms. The van der Waals surface area contributed by atoms with Crippen molar-refractivity contribution in [2.75, 3.05) is 0 Å². The van der Waals surface area contributed by atoms with Gasteiger partial charge in [0.15, 0.2) is 5.17 Å². The highest BCUT2D eigenvalue weighted by atomic mass is 32.2. The van der Waals surface area contributed by atoms with Crippen molar-refractivity contribution in [1.82, 2.24) is 4.90 Å². The topological polar surface area (TPSA) is 59.0 Å². The van der Waals surface area contributed by atoms with E-state index in [0.717, 1.165) is 5.56 Å². The maximum absolute atomic E-state index is 13.5. The Balaban J connectivity index is 1.71. The molecule has 2 atom stereocenters. The van der Waals surface area contributed by atoms with E-state index in [4.69, 9.17) is 4.74 Å². The molecule has 1 saturated heterocycles. The number of amides is 1. The van der Waals surface area contributed by atoms with Gasteiger partial charge in [0, 0.05) is 0 Å². The number of fused-ring (bicyclic) bond motifs is 1. The SMILES string of the molecule is CCC1SC2=NC(C)=C(C(=O)OCc3ccccc3)C(c3ccc(F)cc3)N2C1=O. The van der Waals surface area contributed by atoms with E-state index < -0.39 is 12.0 Å². The van der Waals surface area contributed by atoms with Crippen LogP contribution in [0.15, 0.2) is 70.9 Å². The predicted octanol–water partition coefficient (Wildman–Crippen LogP) is 4.61. The molecule has 0 N–H and O–H groups in total. The van der Waals surface area contributed by atoms with Crippen LogP contribution in [0.2, 0.25) is 0 Å². The fraction of sp³-hybridized carbons (Fsp3) is 0.261. The summed E-state index contributed by atoms with van der Waals surface area (Å²) in [5.41, 5.74) is 2.31. The molecule has 5 nitrogen and oxygen atoms in total. The zero-order valence-electron chi connectivity index (χ0n) is 16.7. The Morgan fingerprint density at radius 2 is 1.87 bits per heavy atom. The number of aliphatic imine (C=N–C) groups is 1. The van der Waals surface area contributed by atoms with Crippen molar-refractivity contribution in [1.29, 1.82) is 0 Å². The summed E-state index contributed by atoms with van der Waals surface area (Å²) in [6.07, 6.45) is 0.655. The fourth-order valence-corrected chi connectivity index (χ4v) is 4.75. The van der Waals surface area contributed by atoms with Gasteiger partial charge in [-0.25, -0.2) is 14.2 Å². The Labute approximate surface area is 178 Å². The maximum atomic E-state index is 13.5. The van der Waals surface area contributed by atoms with Crippen LogP contribution in [0.25, 0.3) is 0 Å². The zero-order valence-corrected chi connectivity index (χ0v) is 17.5. The van der Waals surface area contributed by atoms with E-state index in [2.05, 4.69) is 4.99 Å². The van der Waals surface area contributed by atoms with Crippen molar-refractivity contribution in [3.63, 3.8) is 0 Å². The van der Waals surface area contributed by atoms with E-state index in [1.807, 2.05) is 37.3 Å². The molecule has 2 aromatic carbocycles. The second-order valence-electron chi connectivity index (χ2n) is 7.13. The molecule has 30 heavy (non-hydrogen) atoms. The molecule has 2 aliphatic rings. The fourth-order valence-electron chi connectivity index (χ4n) is 3.61. The Morgan fingerprint density at radius 1 is 1.17 bits per heavy atom. The van der Waals surface area contributed by atoms with Gasteiger partial charge in [-0.1, -0.05) is 61.2 Å². The summed E-state index contributed by atoms with van der Waals surface area (Å²) >= 11 is 1.40. The number of ether oxygens (including phenoxy) is 1. The highest BCUT2D eigenvalue weighted by Gasteiger charge is 2.47. The molecule has 4 rings (SSSR count). The summed E-state index contributed by atoms with van der Waals surface area (Å²) in [7, 11) is 0. The lowest BCUT2D eigenvalue weighted by molar-refractivity contribution is -0.141. The number of carbonyl (C=O) groups excluding carboxylic acids is 2. The minimum absolute atomic E-state index is 0.101. The van der Waals surface area contributed by atoms with Crippen LogP contribution in [-0.4, -0.2) is 27.2 Å². The zero-order chi connectivity index (χ0) is 21.3. The summed E-state index contributed by atoms with van der Waals surface area (Å²) in [5, 5.41) is 0.317. The summed E-state index contributed by atoms with van der Waals surface area (Å²) in [4.78, 5) is 32.2. The average molecular weight is 424 g/mol. The molecule has 7 heteroatoms. The second-order valence-corrected chi connectivity index (χ2v) is 8.30. The number of nitrogens with zero attached hydrogens (tertiary/aromatic N) is 2. The molecule has 1 fully saturated rings. The number of carbonyl (C=O) groups is 2. The normalized spacial score (nSPS) is 20.8. The van der Waals surface area contributed by atoms with Gasteiger partial charge in [-0.05, 0) is 36.6 Å². The summed E-state index contributed by atoms with van der Waals surface area (Å²) in [6.45, 7) is 3.80. The van der Waals surface area contributed by atoms with Crippen molar-refractivity contribution in [2.24, 2.45) is 4.99 Å². The van der Waals surface area contributed by atoms with E-state index in [1.165, 1.54) is 23.9 Å². The van der Waals surface area contributed by atoms with Gasteiger partial charge in [-0.15, -0.1) is 0 Å². The van der Waals surface area contributed by atoms with Crippen LogP contribution in [0.5, 0.6) is 0 Å². The van der Waals surface area contributed by atoms with Gasteiger partial charge in [-0.3, -0.25) is 9.69 Å². The number of rotatable bonds is 5. The molecule has 0 radical (unpaired) electrons. The molecule has 0 aliphatic carbocycles. The molecular formula is C23H21FN2O3S.